The van der Waals surface area contributed by atoms with Gasteiger partial charge in [-0.15, -0.1) is 0 Å². The minimum absolute atomic E-state index is 0.0177. The molecule has 124 valence electrons. The van der Waals surface area contributed by atoms with Crippen LogP contribution >= 0.6 is 0 Å². The number of nitrogens with two attached hydrogens (primary N) is 1. The van der Waals surface area contributed by atoms with Crippen LogP contribution in [0.4, 0.5) is 4.79 Å². The van der Waals surface area contributed by atoms with Crippen molar-refractivity contribution in [3.8, 4) is 0 Å². The van der Waals surface area contributed by atoms with E-state index < -0.39 is 24.1 Å². The zero-order chi connectivity index (χ0) is 17.0. The van der Waals surface area contributed by atoms with Crippen molar-refractivity contribution >= 4 is 17.9 Å². The van der Waals surface area contributed by atoms with Crippen LogP contribution in [0.2, 0.25) is 0 Å². The summed E-state index contributed by atoms with van der Waals surface area (Å²) in [6.07, 6.45) is 1.11. The third kappa shape index (κ3) is 4.21. The molecule has 1 aliphatic rings. The number of amides is 3. The molecule has 1 aromatic carbocycles. The second kappa shape index (κ2) is 7.13. The van der Waals surface area contributed by atoms with E-state index in [2.05, 4.69) is 5.32 Å². The maximum atomic E-state index is 12.5. The summed E-state index contributed by atoms with van der Waals surface area (Å²) in [6.45, 7) is 2.33. The summed E-state index contributed by atoms with van der Waals surface area (Å²) in [5.41, 5.74) is 6.97. The Morgan fingerprint density at radius 2 is 2.17 bits per heavy atom. The fourth-order valence-corrected chi connectivity index (χ4v) is 2.92. The molecular weight excluding hydrogens is 298 g/mol. The van der Waals surface area contributed by atoms with Crippen LogP contribution in [0.25, 0.3) is 0 Å². The SMILES string of the molecule is Cc1cccc(C(CC(=O)N2CCCC2C(=O)O)NC(N)=O)c1. The number of hydrogen-bond acceptors (Lipinski definition) is 3. The summed E-state index contributed by atoms with van der Waals surface area (Å²) >= 11 is 0. The van der Waals surface area contributed by atoms with E-state index in [1.165, 1.54) is 4.90 Å². The summed E-state index contributed by atoms with van der Waals surface area (Å²) in [6, 6.07) is 5.34. The van der Waals surface area contributed by atoms with E-state index in [1.807, 2.05) is 25.1 Å². The minimum atomic E-state index is -0.995. The molecule has 0 spiro atoms. The second-order valence-electron chi connectivity index (χ2n) is 5.76. The molecule has 7 heteroatoms. The Bertz CT molecular complexity index is 617. The van der Waals surface area contributed by atoms with Crippen molar-refractivity contribution in [2.45, 2.75) is 38.3 Å². The average Bonchev–Trinajstić information content (AvgIpc) is 2.95. The number of aryl methyl sites for hydroxylation is 1. The molecule has 0 aliphatic carbocycles. The van der Waals surface area contributed by atoms with Crippen LogP contribution in [-0.4, -0.2) is 40.5 Å². The number of carbonyl (C=O) groups excluding carboxylic acids is 2. The molecule has 2 rings (SSSR count). The Morgan fingerprint density at radius 3 is 2.78 bits per heavy atom. The van der Waals surface area contributed by atoms with Crippen LogP contribution in [-0.2, 0) is 9.59 Å². The van der Waals surface area contributed by atoms with Crippen molar-refractivity contribution in [3.63, 3.8) is 0 Å². The molecule has 0 aromatic heterocycles. The number of hydrogen-bond donors (Lipinski definition) is 3. The van der Waals surface area contributed by atoms with E-state index in [1.54, 1.807) is 6.07 Å². The molecule has 23 heavy (non-hydrogen) atoms. The van der Waals surface area contributed by atoms with Crippen molar-refractivity contribution in [1.29, 1.82) is 0 Å². The standard InChI is InChI=1S/C16H21N3O4/c1-10-4-2-5-11(8-10)12(18-16(17)23)9-14(20)19-7-3-6-13(19)15(21)22/h2,4-5,8,12-13H,3,6-7,9H2,1H3,(H,21,22)(H3,17,18,23). The number of carboxylic acid groups (broad SMARTS) is 1. The van der Waals surface area contributed by atoms with E-state index in [0.717, 1.165) is 11.1 Å². The summed E-state index contributed by atoms with van der Waals surface area (Å²) in [5, 5.41) is 11.7. The predicted molar refractivity (Wildman–Crippen MR) is 83.6 cm³/mol. The lowest BCUT2D eigenvalue weighted by Gasteiger charge is -2.25. The molecule has 2 unspecified atom stereocenters. The van der Waals surface area contributed by atoms with Gasteiger partial charge in [0.05, 0.1) is 12.5 Å². The van der Waals surface area contributed by atoms with Gasteiger partial charge >= 0.3 is 12.0 Å². The maximum Gasteiger partial charge on any atom is 0.326 e. The molecule has 2 atom stereocenters. The molecule has 1 heterocycles. The van der Waals surface area contributed by atoms with Gasteiger partial charge in [0.25, 0.3) is 0 Å². The van der Waals surface area contributed by atoms with Crippen molar-refractivity contribution in [1.82, 2.24) is 10.2 Å². The van der Waals surface area contributed by atoms with Crippen LogP contribution in [0.5, 0.6) is 0 Å². The highest BCUT2D eigenvalue weighted by Gasteiger charge is 2.34. The number of nitrogens with zero attached hydrogens (tertiary/aromatic N) is 1. The Labute approximate surface area is 134 Å². The number of carboxylic acids is 1. The lowest BCUT2D eigenvalue weighted by Crippen LogP contribution is -2.43. The molecule has 1 fully saturated rings. The van der Waals surface area contributed by atoms with Gasteiger partial charge in [0, 0.05) is 6.54 Å². The Hall–Kier alpha value is -2.57. The van der Waals surface area contributed by atoms with Crippen molar-refractivity contribution in [2.24, 2.45) is 5.73 Å². The first-order valence-electron chi connectivity index (χ1n) is 7.53. The van der Waals surface area contributed by atoms with Crippen LogP contribution in [0.15, 0.2) is 24.3 Å². The van der Waals surface area contributed by atoms with E-state index in [4.69, 9.17) is 5.73 Å². The van der Waals surface area contributed by atoms with Crippen molar-refractivity contribution in [2.75, 3.05) is 6.54 Å². The van der Waals surface area contributed by atoms with E-state index in [0.29, 0.717) is 19.4 Å². The van der Waals surface area contributed by atoms with Gasteiger partial charge in [-0.2, -0.15) is 0 Å². The lowest BCUT2D eigenvalue weighted by atomic mass is 10.0. The molecule has 1 saturated heterocycles. The van der Waals surface area contributed by atoms with Crippen LogP contribution < -0.4 is 11.1 Å². The van der Waals surface area contributed by atoms with Gasteiger partial charge in [0.1, 0.15) is 6.04 Å². The van der Waals surface area contributed by atoms with Gasteiger partial charge in [-0.25, -0.2) is 9.59 Å². The smallest absolute Gasteiger partial charge is 0.326 e. The zero-order valence-corrected chi connectivity index (χ0v) is 13.0. The Balaban J connectivity index is 2.15. The van der Waals surface area contributed by atoms with Gasteiger partial charge in [-0.05, 0) is 25.3 Å². The number of carbonyl (C=O) groups is 3. The monoisotopic (exact) mass is 319 g/mol. The second-order valence-corrected chi connectivity index (χ2v) is 5.76. The number of benzene rings is 1. The molecule has 3 amide bonds. The molecule has 0 radical (unpaired) electrons. The summed E-state index contributed by atoms with van der Waals surface area (Å²) in [4.78, 5) is 36.3. The quantitative estimate of drug-likeness (QED) is 0.756. The number of likely N-dealkylation sites (tertiary alicyclic amines) is 1. The number of rotatable bonds is 5. The molecule has 7 nitrogen and oxygen atoms in total. The van der Waals surface area contributed by atoms with Crippen LogP contribution in [0.1, 0.15) is 36.4 Å². The van der Waals surface area contributed by atoms with Gasteiger partial charge in [0.2, 0.25) is 5.91 Å². The van der Waals surface area contributed by atoms with Crippen LogP contribution in [0.3, 0.4) is 0 Å². The lowest BCUT2D eigenvalue weighted by molar-refractivity contribution is -0.148. The number of primary amides is 1. The van der Waals surface area contributed by atoms with E-state index in [-0.39, 0.29) is 12.3 Å². The normalized spacial score (nSPS) is 18.5. The average molecular weight is 319 g/mol. The van der Waals surface area contributed by atoms with Gasteiger partial charge in [0.15, 0.2) is 0 Å². The van der Waals surface area contributed by atoms with Crippen LogP contribution in [0, 0.1) is 6.92 Å². The summed E-state index contributed by atoms with van der Waals surface area (Å²) in [7, 11) is 0. The molecular formula is C16H21N3O4. The zero-order valence-electron chi connectivity index (χ0n) is 13.0. The third-order valence-electron chi connectivity index (χ3n) is 4.00. The minimum Gasteiger partial charge on any atom is -0.480 e. The highest BCUT2D eigenvalue weighted by molar-refractivity contribution is 5.85. The topological polar surface area (TPSA) is 113 Å². The Morgan fingerprint density at radius 1 is 1.43 bits per heavy atom. The molecule has 4 N–H and O–H groups in total. The maximum absolute atomic E-state index is 12.5. The molecule has 1 aliphatic heterocycles. The Kier molecular flexibility index (Phi) is 5.20. The highest BCUT2D eigenvalue weighted by atomic mass is 16.4. The number of aliphatic carboxylic acids is 1. The highest BCUT2D eigenvalue weighted by Crippen LogP contribution is 2.23. The number of urea groups is 1. The molecule has 1 aromatic rings. The van der Waals surface area contributed by atoms with Crippen molar-refractivity contribution in [3.05, 3.63) is 35.4 Å². The predicted octanol–water partition coefficient (Wildman–Crippen LogP) is 1.17. The summed E-state index contributed by atoms with van der Waals surface area (Å²) < 4.78 is 0. The van der Waals surface area contributed by atoms with E-state index in [9.17, 15) is 19.5 Å². The summed E-state index contributed by atoms with van der Waals surface area (Å²) in [5.74, 6) is -1.29. The number of nitrogens with one attached hydrogen (secondary N) is 1. The largest absolute Gasteiger partial charge is 0.480 e. The van der Waals surface area contributed by atoms with E-state index >= 15 is 0 Å². The first kappa shape index (κ1) is 16.8. The fraction of sp³-hybridized carbons (Fsp3) is 0.438. The molecule has 0 saturated carbocycles. The third-order valence-corrected chi connectivity index (χ3v) is 4.00. The first-order valence-corrected chi connectivity index (χ1v) is 7.53. The van der Waals surface area contributed by atoms with Gasteiger partial charge in [-0.1, -0.05) is 29.8 Å². The van der Waals surface area contributed by atoms with Gasteiger partial charge in [-0.3, -0.25) is 4.79 Å². The molecule has 0 bridgehead atoms. The van der Waals surface area contributed by atoms with Gasteiger partial charge < -0.3 is 21.1 Å². The van der Waals surface area contributed by atoms with Crippen molar-refractivity contribution < 1.29 is 19.5 Å². The first-order chi connectivity index (χ1) is 10.9. The fourth-order valence-electron chi connectivity index (χ4n) is 2.92.